The molecule has 0 aliphatic carbocycles. The fourth-order valence-electron chi connectivity index (χ4n) is 2.46. The van der Waals surface area contributed by atoms with E-state index in [-0.39, 0.29) is 0 Å². The van der Waals surface area contributed by atoms with Crippen molar-refractivity contribution in [3.05, 3.63) is 24.3 Å². The summed E-state index contributed by atoms with van der Waals surface area (Å²) in [6.45, 7) is 6.07. The highest BCUT2D eigenvalue weighted by Gasteiger charge is 2.03. The molecule has 0 fully saturated rings. The molecule has 1 aromatic rings. The third kappa shape index (κ3) is 8.96. The van der Waals surface area contributed by atoms with Crippen LogP contribution in [0.15, 0.2) is 24.3 Å². The van der Waals surface area contributed by atoms with E-state index in [0.29, 0.717) is 0 Å². The number of unbranched alkanes of at least 4 members (excludes halogenated alkanes) is 8. The summed E-state index contributed by atoms with van der Waals surface area (Å²) in [5, 5.41) is 0. The van der Waals surface area contributed by atoms with Crippen LogP contribution in [-0.2, 0) is 0 Å². The Morgan fingerprint density at radius 1 is 0.591 bits per heavy atom. The van der Waals surface area contributed by atoms with Gasteiger partial charge in [-0.3, -0.25) is 0 Å². The molecule has 0 aliphatic heterocycles. The van der Waals surface area contributed by atoms with Crippen molar-refractivity contribution >= 4 is 0 Å². The lowest BCUT2D eigenvalue weighted by Gasteiger charge is -2.12. The van der Waals surface area contributed by atoms with Crippen LogP contribution in [-0.4, -0.2) is 13.2 Å². The Morgan fingerprint density at radius 2 is 1.00 bits per heavy atom. The van der Waals surface area contributed by atoms with Gasteiger partial charge in [0.15, 0.2) is 11.5 Å². The van der Waals surface area contributed by atoms with E-state index >= 15 is 0 Å². The van der Waals surface area contributed by atoms with Gasteiger partial charge in [0.1, 0.15) is 0 Å². The van der Waals surface area contributed by atoms with Gasteiger partial charge in [-0.1, -0.05) is 77.3 Å². The average Bonchev–Trinajstić information content (AvgIpc) is 2.55. The van der Waals surface area contributed by atoms with Crippen LogP contribution in [0.3, 0.4) is 0 Å². The molecule has 0 saturated carbocycles. The van der Waals surface area contributed by atoms with Crippen molar-refractivity contribution in [2.24, 2.45) is 0 Å². The predicted octanol–water partition coefficient (Wildman–Crippen LogP) is 6.39. The van der Waals surface area contributed by atoms with Crippen molar-refractivity contribution in [2.75, 3.05) is 13.2 Å². The molecule has 0 aliphatic rings. The molecule has 1 aromatic carbocycles. The van der Waals surface area contributed by atoms with Crippen molar-refractivity contribution < 1.29 is 9.47 Å². The van der Waals surface area contributed by atoms with Gasteiger partial charge in [-0.05, 0) is 25.0 Å². The largest absolute Gasteiger partial charge is 0.490 e. The van der Waals surface area contributed by atoms with Crippen LogP contribution < -0.4 is 9.47 Å². The Morgan fingerprint density at radius 3 is 1.41 bits per heavy atom. The number of para-hydroxylation sites is 2. The van der Waals surface area contributed by atoms with Crippen LogP contribution >= 0.6 is 0 Å². The second-order valence-corrected chi connectivity index (χ2v) is 5.97. The minimum Gasteiger partial charge on any atom is -0.490 e. The first-order chi connectivity index (χ1) is 10.9. The fourth-order valence-corrected chi connectivity index (χ4v) is 2.46. The Hall–Kier alpha value is -1.18. The molecule has 0 bridgehead atoms. The third-order valence-electron chi connectivity index (χ3n) is 3.86. The van der Waals surface area contributed by atoms with Gasteiger partial charge in [-0.2, -0.15) is 0 Å². The molecule has 0 aromatic heterocycles. The number of benzene rings is 1. The van der Waals surface area contributed by atoms with Gasteiger partial charge in [-0.15, -0.1) is 0 Å². The summed E-state index contributed by atoms with van der Waals surface area (Å²) >= 11 is 0. The van der Waals surface area contributed by atoms with E-state index in [9.17, 15) is 0 Å². The maximum absolute atomic E-state index is 5.89. The van der Waals surface area contributed by atoms with E-state index in [1.807, 2.05) is 24.3 Å². The molecular weight excluding hydrogens is 272 g/mol. The normalized spacial score (nSPS) is 10.6. The lowest BCUT2D eigenvalue weighted by Crippen LogP contribution is -2.02. The minimum atomic E-state index is 0.792. The predicted molar refractivity (Wildman–Crippen MR) is 95.0 cm³/mol. The fraction of sp³-hybridized carbons (Fsp3) is 0.700. The summed E-state index contributed by atoms with van der Waals surface area (Å²) in [5.41, 5.74) is 0. The number of rotatable bonds is 14. The molecule has 0 unspecified atom stereocenters. The van der Waals surface area contributed by atoms with Crippen molar-refractivity contribution in [3.63, 3.8) is 0 Å². The third-order valence-corrected chi connectivity index (χ3v) is 3.86. The zero-order valence-corrected chi connectivity index (χ0v) is 14.6. The van der Waals surface area contributed by atoms with Crippen LogP contribution in [0, 0.1) is 0 Å². The Bertz CT molecular complexity index is 327. The summed E-state index contributed by atoms with van der Waals surface area (Å²) in [7, 11) is 0. The molecule has 0 N–H and O–H groups in total. The lowest BCUT2D eigenvalue weighted by atomic mass is 10.2. The Balaban J connectivity index is 2.20. The molecule has 1 rings (SSSR count). The summed E-state index contributed by atoms with van der Waals surface area (Å²) in [6.07, 6.45) is 12.6. The average molecular weight is 306 g/mol. The molecular formula is C20H34O2. The molecule has 0 radical (unpaired) electrons. The smallest absolute Gasteiger partial charge is 0.161 e. The Kier molecular flexibility index (Phi) is 11.6. The van der Waals surface area contributed by atoms with Crippen molar-refractivity contribution in [3.8, 4) is 11.5 Å². The minimum absolute atomic E-state index is 0.792. The van der Waals surface area contributed by atoms with E-state index in [4.69, 9.17) is 9.47 Å². The highest BCUT2D eigenvalue weighted by atomic mass is 16.5. The van der Waals surface area contributed by atoms with E-state index in [1.165, 1.54) is 51.4 Å². The van der Waals surface area contributed by atoms with Gasteiger partial charge in [0.2, 0.25) is 0 Å². The van der Waals surface area contributed by atoms with Crippen molar-refractivity contribution in [2.45, 2.75) is 78.1 Å². The molecule has 0 heterocycles. The summed E-state index contributed by atoms with van der Waals surface area (Å²) in [6, 6.07) is 8.05. The maximum Gasteiger partial charge on any atom is 0.161 e. The first-order valence-corrected chi connectivity index (χ1v) is 9.23. The van der Waals surface area contributed by atoms with Gasteiger partial charge in [0.05, 0.1) is 13.2 Å². The quantitative estimate of drug-likeness (QED) is 0.371. The maximum atomic E-state index is 5.89. The summed E-state index contributed by atoms with van der Waals surface area (Å²) in [5.74, 6) is 1.79. The van der Waals surface area contributed by atoms with Gasteiger partial charge < -0.3 is 9.47 Å². The molecule has 0 atom stereocenters. The second kappa shape index (κ2) is 13.5. The van der Waals surface area contributed by atoms with Gasteiger partial charge >= 0.3 is 0 Å². The van der Waals surface area contributed by atoms with E-state index in [2.05, 4.69) is 13.8 Å². The SMILES string of the molecule is CCCCCCCOc1ccccc1OCCCCCCC. The summed E-state index contributed by atoms with van der Waals surface area (Å²) in [4.78, 5) is 0. The molecule has 126 valence electrons. The standard InChI is InChI=1S/C20H34O2/c1-3-5-7-9-13-17-21-19-15-11-12-16-20(19)22-18-14-10-8-6-4-2/h11-12,15-16H,3-10,13-14,17-18H2,1-2H3. The second-order valence-electron chi connectivity index (χ2n) is 5.97. The first-order valence-electron chi connectivity index (χ1n) is 9.23. The lowest BCUT2D eigenvalue weighted by molar-refractivity contribution is 0.258. The van der Waals surface area contributed by atoms with Gasteiger partial charge in [0.25, 0.3) is 0 Å². The molecule has 0 saturated heterocycles. The number of hydrogen-bond acceptors (Lipinski definition) is 2. The van der Waals surface area contributed by atoms with Gasteiger partial charge in [0, 0.05) is 0 Å². The number of hydrogen-bond donors (Lipinski definition) is 0. The molecule has 2 nitrogen and oxygen atoms in total. The monoisotopic (exact) mass is 306 g/mol. The van der Waals surface area contributed by atoms with Crippen LogP contribution in [0.25, 0.3) is 0 Å². The topological polar surface area (TPSA) is 18.5 Å². The zero-order valence-electron chi connectivity index (χ0n) is 14.6. The van der Waals surface area contributed by atoms with Crippen LogP contribution in [0.5, 0.6) is 11.5 Å². The highest BCUT2D eigenvalue weighted by molar-refractivity contribution is 5.39. The van der Waals surface area contributed by atoms with E-state index in [0.717, 1.165) is 37.6 Å². The zero-order chi connectivity index (χ0) is 15.9. The molecule has 22 heavy (non-hydrogen) atoms. The van der Waals surface area contributed by atoms with Crippen molar-refractivity contribution in [1.29, 1.82) is 0 Å². The molecule has 2 heteroatoms. The van der Waals surface area contributed by atoms with Crippen LogP contribution in [0.2, 0.25) is 0 Å². The van der Waals surface area contributed by atoms with E-state index in [1.54, 1.807) is 0 Å². The molecule has 0 spiro atoms. The molecule has 0 amide bonds. The van der Waals surface area contributed by atoms with Crippen LogP contribution in [0.1, 0.15) is 78.1 Å². The first kappa shape index (κ1) is 18.9. The number of ether oxygens (including phenoxy) is 2. The van der Waals surface area contributed by atoms with E-state index < -0.39 is 0 Å². The van der Waals surface area contributed by atoms with Gasteiger partial charge in [-0.25, -0.2) is 0 Å². The van der Waals surface area contributed by atoms with Crippen molar-refractivity contribution in [1.82, 2.24) is 0 Å². The Labute approximate surface area is 137 Å². The summed E-state index contributed by atoms with van der Waals surface area (Å²) < 4.78 is 11.8. The van der Waals surface area contributed by atoms with Crippen LogP contribution in [0.4, 0.5) is 0 Å². The highest BCUT2D eigenvalue weighted by Crippen LogP contribution is 2.27.